The Hall–Kier alpha value is -4.08. The van der Waals surface area contributed by atoms with E-state index >= 15 is 0 Å². The number of hydrogen-bond acceptors (Lipinski definition) is 4. The minimum Gasteiger partial charge on any atom is -0.503 e. The summed E-state index contributed by atoms with van der Waals surface area (Å²) in [7, 11) is 0. The lowest BCUT2D eigenvalue weighted by molar-refractivity contribution is 0.0653. The SMILES string of the molecule is Cc1cccc(CNC(=O)c2cn3c(c(O)c2=O)C(=O)N2Cc4cc(F)c(F)cc4C[C@H]3C2)c1F. The van der Waals surface area contributed by atoms with Gasteiger partial charge in [-0.1, -0.05) is 18.2 Å². The van der Waals surface area contributed by atoms with E-state index in [1.165, 1.54) is 21.7 Å². The number of carbonyl (C=O) groups is 2. The Morgan fingerprint density at radius 2 is 1.86 bits per heavy atom. The molecule has 0 fully saturated rings. The first kappa shape index (κ1) is 22.7. The summed E-state index contributed by atoms with van der Waals surface area (Å²) in [4.78, 5) is 40.1. The van der Waals surface area contributed by atoms with Crippen LogP contribution in [-0.4, -0.2) is 32.9 Å². The van der Waals surface area contributed by atoms with Crippen LogP contribution < -0.4 is 10.7 Å². The van der Waals surface area contributed by atoms with Gasteiger partial charge in [0.15, 0.2) is 23.1 Å². The summed E-state index contributed by atoms with van der Waals surface area (Å²) in [6.07, 6.45) is 1.37. The van der Waals surface area contributed by atoms with Crippen LogP contribution in [0.4, 0.5) is 13.2 Å². The quantitative estimate of drug-likeness (QED) is 0.599. The number of halogens is 3. The highest BCUT2D eigenvalue weighted by atomic mass is 19.2. The minimum absolute atomic E-state index is 0.0141. The number of aryl methyl sites for hydroxylation is 1. The lowest BCUT2D eigenvalue weighted by Gasteiger charge is -2.34. The zero-order valence-electron chi connectivity index (χ0n) is 18.6. The molecule has 0 aliphatic carbocycles. The van der Waals surface area contributed by atoms with Gasteiger partial charge < -0.3 is 19.9 Å². The molecule has 0 spiro atoms. The van der Waals surface area contributed by atoms with Gasteiger partial charge in [-0.3, -0.25) is 14.4 Å². The maximum Gasteiger partial charge on any atom is 0.274 e. The van der Waals surface area contributed by atoms with Gasteiger partial charge in [-0.2, -0.15) is 0 Å². The van der Waals surface area contributed by atoms with Crippen LogP contribution >= 0.6 is 0 Å². The number of benzene rings is 2. The molecular formula is C25H20F3N3O4. The smallest absolute Gasteiger partial charge is 0.274 e. The molecule has 7 nitrogen and oxygen atoms in total. The van der Waals surface area contributed by atoms with E-state index in [-0.39, 0.29) is 37.3 Å². The second-order valence-electron chi connectivity index (χ2n) is 8.79. The second kappa shape index (κ2) is 8.30. The number of rotatable bonds is 3. The highest BCUT2D eigenvalue weighted by molar-refractivity contribution is 5.99. The van der Waals surface area contributed by atoms with E-state index in [2.05, 4.69) is 5.32 Å². The van der Waals surface area contributed by atoms with Crippen LogP contribution in [0.3, 0.4) is 0 Å². The van der Waals surface area contributed by atoms with Crippen LogP contribution in [0.5, 0.6) is 5.75 Å². The molecule has 0 radical (unpaired) electrons. The molecule has 0 saturated carbocycles. The van der Waals surface area contributed by atoms with E-state index in [0.29, 0.717) is 16.7 Å². The zero-order chi connectivity index (χ0) is 25.0. The van der Waals surface area contributed by atoms with Gasteiger partial charge in [0.1, 0.15) is 11.4 Å². The van der Waals surface area contributed by atoms with Crippen LogP contribution in [0, 0.1) is 24.4 Å². The van der Waals surface area contributed by atoms with E-state index in [1.54, 1.807) is 19.1 Å². The van der Waals surface area contributed by atoms with Gasteiger partial charge in [-0.25, -0.2) is 13.2 Å². The van der Waals surface area contributed by atoms with Crippen molar-refractivity contribution in [2.24, 2.45) is 0 Å². The number of aromatic nitrogens is 1. The number of pyridine rings is 1. The molecule has 1 atom stereocenters. The molecule has 35 heavy (non-hydrogen) atoms. The molecule has 0 saturated heterocycles. The Labute approximate surface area is 197 Å². The monoisotopic (exact) mass is 483 g/mol. The van der Waals surface area contributed by atoms with Crippen molar-refractivity contribution in [2.45, 2.75) is 32.5 Å². The molecule has 5 rings (SSSR count). The van der Waals surface area contributed by atoms with Crippen LogP contribution in [0.25, 0.3) is 0 Å². The summed E-state index contributed by atoms with van der Waals surface area (Å²) in [6, 6.07) is 6.29. The Bertz CT molecular complexity index is 1470. The maximum atomic E-state index is 14.3. The first-order valence-corrected chi connectivity index (χ1v) is 10.9. The third-order valence-corrected chi connectivity index (χ3v) is 6.54. The summed E-state index contributed by atoms with van der Waals surface area (Å²) in [5, 5.41) is 13.1. The van der Waals surface area contributed by atoms with Crippen LogP contribution in [0.1, 0.15) is 49.1 Å². The fourth-order valence-corrected chi connectivity index (χ4v) is 4.70. The summed E-state index contributed by atoms with van der Waals surface area (Å²) in [5.74, 6) is -4.94. The summed E-state index contributed by atoms with van der Waals surface area (Å²) in [5.41, 5.74) is -0.223. The topological polar surface area (TPSA) is 91.6 Å². The van der Waals surface area contributed by atoms with Gasteiger partial charge in [0.2, 0.25) is 5.43 Å². The molecule has 2 amide bonds. The number of fused-ring (bicyclic) bond motifs is 5. The predicted octanol–water partition coefficient (Wildman–Crippen LogP) is 2.96. The molecule has 0 unspecified atom stereocenters. The molecule has 180 valence electrons. The summed E-state index contributed by atoms with van der Waals surface area (Å²) < 4.78 is 43.3. The van der Waals surface area contributed by atoms with Gasteiger partial charge >= 0.3 is 0 Å². The van der Waals surface area contributed by atoms with Crippen molar-refractivity contribution in [3.8, 4) is 5.75 Å². The Balaban J connectivity index is 1.52. The van der Waals surface area contributed by atoms with Crippen molar-refractivity contribution < 1.29 is 27.9 Å². The van der Waals surface area contributed by atoms with Gasteiger partial charge in [0.05, 0.1) is 6.04 Å². The first-order valence-electron chi connectivity index (χ1n) is 10.9. The van der Waals surface area contributed by atoms with E-state index in [4.69, 9.17) is 0 Å². The van der Waals surface area contributed by atoms with Crippen molar-refractivity contribution in [2.75, 3.05) is 6.54 Å². The van der Waals surface area contributed by atoms with Crippen molar-refractivity contribution in [1.29, 1.82) is 0 Å². The molecule has 2 aliphatic rings. The maximum absolute atomic E-state index is 14.3. The third-order valence-electron chi connectivity index (χ3n) is 6.54. The van der Waals surface area contributed by atoms with E-state index in [0.717, 1.165) is 12.1 Å². The number of hydrogen-bond donors (Lipinski definition) is 2. The Morgan fingerprint density at radius 3 is 2.60 bits per heavy atom. The second-order valence-corrected chi connectivity index (χ2v) is 8.79. The van der Waals surface area contributed by atoms with Gasteiger partial charge in [-0.15, -0.1) is 0 Å². The average Bonchev–Trinajstić information content (AvgIpc) is 2.98. The van der Waals surface area contributed by atoms with E-state index in [1.807, 2.05) is 0 Å². The zero-order valence-corrected chi connectivity index (χ0v) is 18.6. The number of nitrogens with one attached hydrogen (secondary N) is 1. The number of carbonyl (C=O) groups excluding carboxylic acids is 2. The molecular weight excluding hydrogens is 463 g/mol. The molecule has 3 heterocycles. The Morgan fingerprint density at radius 1 is 1.14 bits per heavy atom. The highest BCUT2D eigenvalue weighted by Gasteiger charge is 2.38. The van der Waals surface area contributed by atoms with Gasteiger partial charge in [0.25, 0.3) is 11.8 Å². The van der Waals surface area contributed by atoms with Gasteiger partial charge in [0, 0.05) is 31.4 Å². The van der Waals surface area contributed by atoms with E-state index < -0.39 is 52.0 Å². The summed E-state index contributed by atoms with van der Waals surface area (Å²) >= 11 is 0. The van der Waals surface area contributed by atoms with Crippen molar-refractivity contribution >= 4 is 11.8 Å². The molecule has 2 bridgehead atoms. The lowest BCUT2D eigenvalue weighted by Crippen LogP contribution is -2.44. The summed E-state index contributed by atoms with van der Waals surface area (Å²) in [6.45, 7) is 1.53. The molecule has 10 heteroatoms. The third kappa shape index (κ3) is 3.74. The average molecular weight is 483 g/mol. The number of amides is 2. The molecule has 2 aliphatic heterocycles. The van der Waals surface area contributed by atoms with Crippen molar-refractivity contribution in [3.05, 3.63) is 97.7 Å². The molecule has 3 aromatic rings. The van der Waals surface area contributed by atoms with Gasteiger partial charge in [-0.05, 0) is 42.2 Å². The fraction of sp³-hybridized carbons (Fsp3) is 0.240. The largest absolute Gasteiger partial charge is 0.503 e. The highest BCUT2D eigenvalue weighted by Crippen LogP contribution is 2.34. The van der Waals surface area contributed by atoms with E-state index in [9.17, 15) is 32.7 Å². The molecule has 1 aromatic heterocycles. The fourth-order valence-electron chi connectivity index (χ4n) is 4.70. The first-order chi connectivity index (χ1) is 16.7. The normalized spacial score (nSPS) is 16.4. The standard InChI is InChI=1S/C25H20F3N3O4/c1-12-3-2-4-13(20(12)28)8-29-24(34)17-11-31-16-5-14-6-18(26)19(27)7-15(14)9-30(10-16)25(35)21(31)23(33)22(17)32/h2-4,6-7,11,16,33H,5,8-10H2,1H3,(H,29,34)/t16-/m0/s1. The predicted molar refractivity (Wildman–Crippen MR) is 119 cm³/mol. The lowest BCUT2D eigenvalue weighted by atomic mass is 10.0. The van der Waals surface area contributed by atoms with Crippen LogP contribution in [0.15, 0.2) is 41.3 Å². The molecule has 2 aromatic carbocycles. The van der Waals surface area contributed by atoms with Crippen molar-refractivity contribution in [3.63, 3.8) is 0 Å². The minimum atomic E-state index is -1.04. The van der Waals surface area contributed by atoms with Crippen LogP contribution in [-0.2, 0) is 19.5 Å². The Kier molecular flexibility index (Phi) is 5.38. The van der Waals surface area contributed by atoms with Crippen LogP contribution in [0.2, 0.25) is 0 Å². The molecule has 2 N–H and O–H groups in total. The number of aromatic hydroxyl groups is 1. The number of nitrogens with zero attached hydrogens (tertiary/aromatic N) is 2. The van der Waals surface area contributed by atoms with Crippen molar-refractivity contribution in [1.82, 2.24) is 14.8 Å².